The van der Waals surface area contributed by atoms with Gasteiger partial charge < -0.3 is 9.30 Å². The van der Waals surface area contributed by atoms with Crippen molar-refractivity contribution in [3.05, 3.63) is 36.4 Å². The Bertz CT molecular complexity index is 804. The van der Waals surface area contributed by atoms with E-state index in [1.54, 1.807) is 30.1 Å². The molecule has 26 heavy (non-hydrogen) atoms. The van der Waals surface area contributed by atoms with Crippen LogP contribution in [0.25, 0.3) is 0 Å². The Balaban J connectivity index is 1.75. The summed E-state index contributed by atoms with van der Waals surface area (Å²) in [6.45, 7) is 2.83. The van der Waals surface area contributed by atoms with E-state index in [4.69, 9.17) is 9.73 Å². The number of carbonyl (C=O) groups is 1. The first-order valence-electron chi connectivity index (χ1n) is 8.63. The number of hydrogen-bond donors (Lipinski definition) is 0. The Morgan fingerprint density at radius 2 is 2.31 bits per heavy atom. The molecule has 1 saturated heterocycles. The zero-order valence-corrected chi connectivity index (χ0v) is 16.1. The summed E-state index contributed by atoms with van der Waals surface area (Å²) in [6, 6.07) is 7.56. The van der Waals surface area contributed by atoms with Gasteiger partial charge in [0.1, 0.15) is 17.9 Å². The molecular formula is C18H23N5O2S. The summed E-state index contributed by atoms with van der Waals surface area (Å²) in [5.74, 6) is 1.63. The molecule has 1 fully saturated rings. The number of methoxy groups -OCH3 is 1. The van der Waals surface area contributed by atoms with Crippen molar-refractivity contribution < 1.29 is 9.53 Å². The summed E-state index contributed by atoms with van der Waals surface area (Å²) < 4.78 is 7.09. The van der Waals surface area contributed by atoms with Crippen molar-refractivity contribution in [2.45, 2.75) is 31.4 Å². The number of aromatic nitrogens is 3. The number of nitrogens with zero attached hydrogens (tertiary/aromatic N) is 5. The van der Waals surface area contributed by atoms with Crippen LogP contribution < -0.4 is 4.74 Å². The predicted molar refractivity (Wildman–Crippen MR) is 103 cm³/mol. The summed E-state index contributed by atoms with van der Waals surface area (Å²) in [7, 11) is 3.51. The van der Waals surface area contributed by atoms with Crippen molar-refractivity contribution in [1.29, 1.82) is 0 Å². The second kappa shape index (κ2) is 8.35. The van der Waals surface area contributed by atoms with E-state index in [1.807, 2.05) is 35.9 Å². The van der Waals surface area contributed by atoms with Crippen molar-refractivity contribution in [1.82, 2.24) is 19.7 Å². The zero-order chi connectivity index (χ0) is 18.5. The highest BCUT2D eigenvalue weighted by Gasteiger charge is 2.32. The van der Waals surface area contributed by atoms with Gasteiger partial charge in [-0.05, 0) is 18.6 Å². The Morgan fingerprint density at radius 3 is 3.00 bits per heavy atom. The molecule has 1 aliphatic rings. The average molecular weight is 373 g/mol. The third-order valence-electron chi connectivity index (χ3n) is 4.29. The smallest absolute Gasteiger partial charge is 0.229 e. The maximum absolute atomic E-state index is 12.8. The minimum absolute atomic E-state index is 0.0677. The van der Waals surface area contributed by atoms with Gasteiger partial charge in [0.25, 0.3) is 0 Å². The molecule has 7 nitrogen and oxygen atoms in total. The van der Waals surface area contributed by atoms with Crippen LogP contribution in [0.15, 0.2) is 35.6 Å². The summed E-state index contributed by atoms with van der Waals surface area (Å²) in [5, 5.41) is 9.03. The standard InChI is InChI=1S/C18H23N5O2S/c1-4-15-11-23(17(24)9-8-16-21-19-12-22(16)2)18(26-15)20-13-6-5-7-14(10-13)25-3/h5-7,10,12,15H,4,8-9,11H2,1-3H3. The first-order valence-corrected chi connectivity index (χ1v) is 9.51. The molecule has 1 aliphatic heterocycles. The van der Waals surface area contributed by atoms with E-state index in [1.165, 1.54) is 0 Å². The number of aryl methyl sites for hydroxylation is 2. The molecule has 0 bridgehead atoms. The average Bonchev–Trinajstić information content (AvgIpc) is 3.25. The monoisotopic (exact) mass is 373 g/mol. The lowest BCUT2D eigenvalue weighted by Gasteiger charge is -2.16. The summed E-state index contributed by atoms with van der Waals surface area (Å²) in [4.78, 5) is 19.3. The highest BCUT2D eigenvalue weighted by Crippen LogP contribution is 2.31. The second-order valence-corrected chi connectivity index (χ2v) is 7.37. The molecule has 138 valence electrons. The lowest BCUT2D eigenvalue weighted by molar-refractivity contribution is -0.127. The molecule has 0 aliphatic carbocycles. The van der Waals surface area contributed by atoms with Gasteiger partial charge in [-0.3, -0.25) is 9.69 Å². The SMILES string of the molecule is CCC1CN(C(=O)CCc2nncn2C)C(=Nc2cccc(OC)c2)S1. The summed E-state index contributed by atoms with van der Waals surface area (Å²) >= 11 is 1.66. The lowest BCUT2D eigenvalue weighted by atomic mass is 10.2. The van der Waals surface area contributed by atoms with E-state index in [9.17, 15) is 4.79 Å². The van der Waals surface area contributed by atoms with Crippen molar-refractivity contribution in [2.24, 2.45) is 12.0 Å². The molecule has 1 amide bonds. The van der Waals surface area contributed by atoms with Gasteiger partial charge in [0.15, 0.2) is 5.17 Å². The quantitative estimate of drug-likeness (QED) is 0.778. The van der Waals surface area contributed by atoms with Crippen LogP contribution in [0.2, 0.25) is 0 Å². The van der Waals surface area contributed by atoms with Gasteiger partial charge in [0, 0.05) is 37.8 Å². The molecule has 2 heterocycles. The van der Waals surface area contributed by atoms with Crippen molar-refractivity contribution >= 4 is 28.5 Å². The van der Waals surface area contributed by atoms with Crippen LogP contribution in [0.4, 0.5) is 5.69 Å². The van der Waals surface area contributed by atoms with Gasteiger partial charge in [-0.25, -0.2) is 4.99 Å². The maximum atomic E-state index is 12.8. The Labute approximate surface area is 157 Å². The van der Waals surface area contributed by atoms with E-state index >= 15 is 0 Å². The second-order valence-electron chi connectivity index (χ2n) is 6.11. The number of amides is 1. The van der Waals surface area contributed by atoms with Gasteiger partial charge in [-0.1, -0.05) is 24.8 Å². The first kappa shape index (κ1) is 18.4. The largest absolute Gasteiger partial charge is 0.497 e. The molecule has 0 saturated carbocycles. The van der Waals surface area contributed by atoms with Gasteiger partial charge in [0.2, 0.25) is 5.91 Å². The summed E-state index contributed by atoms with van der Waals surface area (Å²) in [5.41, 5.74) is 0.787. The lowest BCUT2D eigenvalue weighted by Crippen LogP contribution is -2.33. The molecule has 0 radical (unpaired) electrons. The molecule has 0 spiro atoms. The molecular weight excluding hydrogens is 350 g/mol. The number of amidine groups is 1. The van der Waals surface area contributed by atoms with E-state index < -0.39 is 0 Å². The zero-order valence-electron chi connectivity index (χ0n) is 15.3. The maximum Gasteiger partial charge on any atom is 0.229 e. The van der Waals surface area contributed by atoms with Gasteiger partial charge in [-0.15, -0.1) is 10.2 Å². The number of thioether (sulfide) groups is 1. The third kappa shape index (κ3) is 4.24. The molecule has 1 aromatic heterocycles. The van der Waals surface area contributed by atoms with E-state index in [-0.39, 0.29) is 5.91 Å². The van der Waals surface area contributed by atoms with Crippen molar-refractivity contribution in [3.8, 4) is 5.75 Å². The molecule has 1 unspecified atom stereocenters. The van der Waals surface area contributed by atoms with Gasteiger partial charge in [0.05, 0.1) is 12.8 Å². The van der Waals surface area contributed by atoms with E-state index in [2.05, 4.69) is 17.1 Å². The van der Waals surface area contributed by atoms with Gasteiger partial charge in [-0.2, -0.15) is 0 Å². The highest BCUT2D eigenvalue weighted by atomic mass is 32.2. The van der Waals surface area contributed by atoms with E-state index in [0.717, 1.165) is 28.8 Å². The molecule has 3 rings (SSSR count). The van der Waals surface area contributed by atoms with Crippen LogP contribution in [0.5, 0.6) is 5.75 Å². The highest BCUT2D eigenvalue weighted by molar-refractivity contribution is 8.14. The third-order valence-corrected chi connectivity index (χ3v) is 5.63. The fourth-order valence-corrected chi connectivity index (χ4v) is 3.87. The van der Waals surface area contributed by atoms with Crippen LogP contribution in [0, 0.1) is 0 Å². The number of hydrogen-bond acceptors (Lipinski definition) is 6. The Hall–Kier alpha value is -2.35. The number of rotatable bonds is 6. The Kier molecular flexibility index (Phi) is 5.92. The van der Waals surface area contributed by atoms with Crippen LogP contribution in [0.3, 0.4) is 0 Å². The number of ether oxygens (including phenoxy) is 1. The fourth-order valence-electron chi connectivity index (χ4n) is 2.72. The van der Waals surface area contributed by atoms with E-state index in [0.29, 0.717) is 24.6 Å². The summed E-state index contributed by atoms with van der Waals surface area (Å²) in [6.07, 6.45) is 3.60. The normalized spacial score (nSPS) is 18.5. The molecule has 2 aromatic rings. The number of aliphatic imine (C=N–C) groups is 1. The number of carbonyl (C=O) groups excluding carboxylic acids is 1. The molecule has 1 aromatic carbocycles. The Morgan fingerprint density at radius 1 is 1.46 bits per heavy atom. The van der Waals surface area contributed by atoms with Crippen LogP contribution in [-0.2, 0) is 18.3 Å². The van der Waals surface area contributed by atoms with Crippen LogP contribution >= 0.6 is 11.8 Å². The predicted octanol–water partition coefficient (Wildman–Crippen LogP) is 2.80. The van der Waals surface area contributed by atoms with Gasteiger partial charge >= 0.3 is 0 Å². The van der Waals surface area contributed by atoms with Crippen LogP contribution in [-0.4, -0.2) is 49.6 Å². The first-order chi connectivity index (χ1) is 12.6. The minimum Gasteiger partial charge on any atom is -0.497 e. The van der Waals surface area contributed by atoms with Crippen molar-refractivity contribution in [3.63, 3.8) is 0 Å². The fraction of sp³-hybridized carbons (Fsp3) is 0.444. The molecule has 1 atom stereocenters. The number of benzene rings is 1. The van der Waals surface area contributed by atoms with Crippen molar-refractivity contribution in [2.75, 3.05) is 13.7 Å². The minimum atomic E-state index is 0.0677. The topological polar surface area (TPSA) is 72.6 Å². The molecule has 8 heteroatoms. The van der Waals surface area contributed by atoms with Crippen LogP contribution in [0.1, 0.15) is 25.6 Å². The molecule has 0 N–H and O–H groups in total.